The number of fused-ring (bicyclic) bond motifs is 1. The summed E-state index contributed by atoms with van der Waals surface area (Å²) in [5.41, 5.74) is 0.243. The number of ether oxygens (including phenoxy) is 2. The number of rotatable bonds is 3. The Kier molecular flexibility index (Phi) is 3.66. The zero-order chi connectivity index (χ0) is 15.0. The molecule has 0 bridgehead atoms. The van der Waals surface area contributed by atoms with E-state index in [1.807, 2.05) is 0 Å². The third-order valence-corrected chi connectivity index (χ3v) is 3.55. The first kappa shape index (κ1) is 14.4. The number of hydrogen-bond donors (Lipinski definition) is 1. The van der Waals surface area contributed by atoms with Crippen molar-refractivity contribution in [2.45, 2.75) is 18.8 Å². The van der Waals surface area contributed by atoms with Crippen molar-refractivity contribution in [3.63, 3.8) is 0 Å². The van der Waals surface area contributed by atoms with Crippen LogP contribution in [0.25, 0.3) is 0 Å². The lowest BCUT2D eigenvalue weighted by Gasteiger charge is -2.34. The van der Waals surface area contributed by atoms with Gasteiger partial charge in [0.15, 0.2) is 11.5 Å². The molecule has 0 amide bonds. The number of halogens is 4. The third kappa shape index (κ3) is 2.91. The Labute approximate surface area is 118 Å². The van der Waals surface area contributed by atoms with E-state index < -0.39 is 18.8 Å². The average Bonchev–Trinajstić information content (AvgIpc) is 2.73. The van der Waals surface area contributed by atoms with Crippen LogP contribution in [0.3, 0.4) is 0 Å². The minimum absolute atomic E-state index is 0.142. The molecule has 2 aliphatic rings. The van der Waals surface area contributed by atoms with E-state index in [1.165, 1.54) is 18.2 Å². The molecular weight excluding hydrogens is 292 g/mol. The van der Waals surface area contributed by atoms with Gasteiger partial charge < -0.3 is 14.8 Å². The molecule has 0 aliphatic carbocycles. The van der Waals surface area contributed by atoms with Gasteiger partial charge in [0.1, 0.15) is 0 Å². The van der Waals surface area contributed by atoms with Gasteiger partial charge in [-0.3, -0.25) is 4.90 Å². The van der Waals surface area contributed by atoms with E-state index in [4.69, 9.17) is 0 Å². The Balaban J connectivity index is 1.87. The third-order valence-electron chi connectivity index (χ3n) is 3.55. The van der Waals surface area contributed by atoms with Crippen LogP contribution >= 0.6 is 0 Å². The van der Waals surface area contributed by atoms with Gasteiger partial charge >= 0.3 is 6.29 Å². The lowest BCUT2D eigenvalue weighted by atomic mass is 10.0. The summed E-state index contributed by atoms with van der Waals surface area (Å²) >= 11 is 0. The van der Waals surface area contributed by atoms with Crippen LogP contribution in [0.2, 0.25) is 0 Å². The number of piperazine rings is 1. The van der Waals surface area contributed by atoms with Crippen molar-refractivity contribution in [1.82, 2.24) is 10.2 Å². The molecule has 1 aromatic rings. The molecule has 0 spiro atoms. The summed E-state index contributed by atoms with van der Waals surface area (Å²) in [4.78, 5) is 1.64. The molecule has 21 heavy (non-hydrogen) atoms. The SMILES string of the molecule is FC(F)[C@H](c1ccc2c(c1)OC(F)(F)O2)N1CCNCC1. The molecule has 0 saturated carbocycles. The normalized spacial score (nSPS) is 22.5. The van der Waals surface area contributed by atoms with Crippen molar-refractivity contribution in [1.29, 1.82) is 0 Å². The molecular formula is C13H14F4N2O2. The monoisotopic (exact) mass is 306 g/mol. The van der Waals surface area contributed by atoms with Crippen LogP contribution in [-0.2, 0) is 0 Å². The molecule has 4 nitrogen and oxygen atoms in total. The minimum Gasteiger partial charge on any atom is -0.395 e. The Morgan fingerprint density at radius 2 is 1.76 bits per heavy atom. The van der Waals surface area contributed by atoms with E-state index in [2.05, 4.69) is 14.8 Å². The van der Waals surface area contributed by atoms with Crippen LogP contribution in [0, 0.1) is 0 Å². The molecule has 0 radical (unpaired) electrons. The standard InChI is InChI=1S/C13H14F4N2O2/c14-12(15)11(19-5-3-18-4-6-19)8-1-2-9-10(7-8)21-13(16,17)20-9/h1-2,7,11-12,18H,3-6H2/t11-/m0/s1. The molecule has 1 N–H and O–H groups in total. The van der Waals surface area contributed by atoms with E-state index in [-0.39, 0.29) is 17.1 Å². The molecule has 2 aliphatic heterocycles. The predicted molar refractivity (Wildman–Crippen MR) is 65.8 cm³/mol. The molecule has 0 unspecified atom stereocenters. The van der Waals surface area contributed by atoms with Crippen LogP contribution in [0.5, 0.6) is 11.5 Å². The van der Waals surface area contributed by atoms with Crippen molar-refractivity contribution in [3.8, 4) is 11.5 Å². The highest BCUT2D eigenvalue weighted by molar-refractivity contribution is 5.46. The van der Waals surface area contributed by atoms with E-state index in [0.717, 1.165) is 0 Å². The smallest absolute Gasteiger partial charge is 0.395 e. The maximum atomic E-state index is 13.4. The van der Waals surface area contributed by atoms with E-state index in [9.17, 15) is 17.6 Å². The highest BCUT2D eigenvalue weighted by Gasteiger charge is 2.44. The second kappa shape index (κ2) is 5.34. The van der Waals surface area contributed by atoms with Crippen LogP contribution in [0.1, 0.15) is 11.6 Å². The summed E-state index contributed by atoms with van der Waals surface area (Å²) in [6.45, 7) is 2.18. The van der Waals surface area contributed by atoms with Crippen molar-refractivity contribution >= 4 is 0 Å². The summed E-state index contributed by atoms with van der Waals surface area (Å²) in [6, 6.07) is 2.68. The maximum Gasteiger partial charge on any atom is 0.586 e. The predicted octanol–water partition coefficient (Wildman–Crippen LogP) is 2.22. The molecule has 0 aromatic heterocycles. The van der Waals surface area contributed by atoms with Gasteiger partial charge in [-0.1, -0.05) is 6.07 Å². The second-order valence-corrected chi connectivity index (χ2v) is 4.94. The minimum atomic E-state index is -3.74. The number of nitrogens with one attached hydrogen (secondary N) is 1. The van der Waals surface area contributed by atoms with Crippen molar-refractivity contribution in [3.05, 3.63) is 23.8 Å². The summed E-state index contributed by atoms with van der Waals surface area (Å²) in [6.07, 6.45) is -6.36. The second-order valence-electron chi connectivity index (χ2n) is 4.94. The van der Waals surface area contributed by atoms with Crippen LogP contribution in [0.4, 0.5) is 17.6 Å². The van der Waals surface area contributed by atoms with E-state index in [1.54, 1.807) is 4.90 Å². The van der Waals surface area contributed by atoms with Crippen LogP contribution in [0.15, 0.2) is 18.2 Å². The molecule has 116 valence electrons. The lowest BCUT2D eigenvalue weighted by molar-refractivity contribution is -0.286. The number of benzene rings is 1. The van der Waals surface area contributed by atoms with Crippen LogP contribution in [-0.4, -0.2) is 43.8 Å². The highest BCUT2D eigenvalue weighted by atomic mass is 19.3. The van der Waals surface area contributed by atoms with Gasteiger partial charge in [-0.2, -0.15) is 0 Å². The Morgan fingerprint density at radius 3 is 2.43 bits per heavy atom. The first-order valence-electron chi connectivity index (χ1n) is 6.59. The quantitative estimate of drug-likeness (QED) is 0.868. The fourth-order valence-electron chi connectivity index (χ4n) is 2.63. The van der Waals surface area contributed by atoms with Crippen LogP contribution < -0.4 is 14.8 Å². The molecule has 1 saturated heterocycles. The Hall–Kier alpha value is -1.54. The van der Waals surface area contributed by atoms with Gasteiger partial charge in [0.2, 0.25) is 0 Å². The molecule has 8 heteroatoms. The van der Waals surface area contributed by atoms with Gasteiger partial charge in [-0.25, -0.2) is 8.78 Å². The maximum absolute atomic E-state index is 13.4. The number of hydrogen-bond acceptors (Lipinski definition) is 4. The molecule has 3 rings (SSSR count). The Bertz CT molecular complexity index is 521. The lowest BCUT2D eigenvalue weighted by Crippen LogP contribution is -2.46. The van der Waals surface area contributed by atoms with Gasteiger partial charge in [0.25, 0.3) is 6.43 Å². The zero-order valence-electron chi connectivity index (χ0n) is 11.0. The molecule has 2 heterocycles. The summed E-state index contributed by atoms with van der Waals surface area (Å²) in [7, 11) is 0. The Morgan fingerprint density at radius 1 is 1.10 bits per heavy atom. The highest BCUT2D eigenvalue weighted by Crippen LogP contribution is 2.43. The average molecular weight is 306 g/mol. The first-order chi connectivity index (χ1) is 9.96. The van der Waals surface area contributed by atoms with Gasteiger partial charge in [-0.05, 0) is 17.7 Å². The number of nitrogens with zero attached hydrogens (tertiary/aromatic N) is 1. The van der Waals surface area contributed by atoms with Crippen molar-refractivity contribution in [2.24, 2.45) is 0 Å². The zero-order valence-corrected chi connectivity index (χ0v) is 11.0. The topological polar surface area (TPSA) is 33.7 Å². The fourth-order valence-corrected chi connectivity index (χ4v) is 2.63. The van der Waals surface area contributed by atoms with E-state index >= 15 is 0 Å². The van der Waals surface area contributed by atoms with Gasteiger partial charge in [0.05, 0.1) is 6.04 Å². The summed E-state index contributed by atoms with van der Waals surface area (Å²) < 4.78 is 61.3. The van der Waals surface area contributed by atoms with Gasteiger partial charge in [0, 0.05) is 26.2 Å². The summed E-state index contributed by atoms with van der Waals surface area (Å²) in [5.74, 6) is -0.352. The van der Waals surface area contributed by atoms with Gasteiger partial charge in [-0.15, -0.1) is 8.78 Å². The number of alkyl halides is 4. The largest absolute Gasteiger partial charge is 0.586 e. The van der Waals surface area contributed by atoms with E-state index in [0.29, 0.717) is 26.2 Å². The fraction of sp³-hybridized carbons (Fsp3) is 0.538. The molecule has 1 fully saturated rings. The van der Waals surface area contributed by atoms with Crippen molar-refractivity contribution in [2.75, 3.05) is 26.2 Å². The molecule has 1 aromatic carbocycles. The summed E-state index contributed by atoms with van der Waals surface area (Å²) in [5, 5.41) is 3.08. The molecule has 1 atom stereocenters. The van der Waals surface area contributed by atoms with Crippen molar-refractivity contribution < 1.29 is 27.0 Å². The first-order valence-corrected chi connectivity index (χ1v) is 6.59.